The number of rotatable bonds is 3. The van der Waals surface area contributed by atoms with Gasteiger partial charge in [-0.05, 0) is 37.1 Å². The lowest BCUT2D eigenvalue weighted by Crippen LogP contribution is -2.40. The van der Waals surface area contributed by atoms with Crippen LogP contribution in [0.2, 0.25) is 0 Å². The first-order chi connectivity index (χ1) is 9.41. The van der Waals surface area contributed by atoms with E-state index in [4.69, 9.17) is 0 Å². The third-order valence-electron chi connectivity index (χ3n) is 4.67. The summed E-state index contributed by atoms with van der Waals surface area (Å²) < 4.78 is 40.3. The van der Waals surface area contributed by atoms with Gasteiger partial charge in [0.1, 0.15) is 5.75 Å². The Morgan fingerprint density at radius 2 is 1.95 bits per heavy atom. The van der Waals surface area contributed by atoms with Crippen LogP contribution in [0, 0.1) is 5.41 Å². The molecule has 0 aromatic heterocycles. The topological polar surface area (TPSA) is 41.5 Å². The fourth-order valence-corrected chi connectivity index (χ4v) is 3.54. The van der Waals surface area contributed by atoms with E-state index in [1.165, 1.54) is 12.1 Å². The molecule has 2 fully saturated rings. The van der Waals surface area contributed by atoms with Crippen LogP contribution in [0.4, 0.5) is 13.2 Å². The van der Waals surface area contributed by atoms with Crippen LogP contribution in [-0.2, 0) is 5.41 Å². The van der Waals surface area contributed by atoms with Gasteiger partial charge < -0.3 is 15.2 Å². The number of nitrogens with one attached hydrogen (secondary N) is 1. The highest BCUT2D eigenvalue weighted by atomic mass is 19.4. The van der Waals surface area contributed by atoms with Gasteiger partial charge in [-0.25, -0.2) is 0 Å². The average Bonchev–Trinajstić information content (AvgIpc) is 3.09. The van der Waals surface area contributed by atoms with Crippen molar-refractivity contribution in [2.24, 2.45) is 5.41 Å². The minimum atomic E-state index is -4.66. The largest absolute Gasteiger partial charge is 0.573 e. The van der Waals surface area contributed by atoms with Crippen LogP contribution in [0.3, 0.4) is 0 Å². The van der Waals surface area contributed by atoms with Crippen LogP contribution in [0.1, 0.15) is 18.4 Å². The van der Waals surface area contributed by atoms with E-state index >= 15 is 0 Å². The Kier molecular flexibility index (Phi) is 2.99. The monoisotopic (exact) mass is 287 g/mol. The van der Waals surface area contributed by atoms with E-state index in [1.807, 2.05) is 0 Å². The third-order valence-corrected chi connectivity index (χ3v) is 4.67. The predicted octanol–water partition coefficient (Wildman–Crippen LogP) is 2.20. The van der Waals surface area contributed by atoms with Crippen LogP contribution < -0.4 is 10.1 Å². The van der Waals surface area contributed by atoms with Gasteiger partial charge in [-0.3, -0.25) is 0 Å². The van der Waals surface area contributed by atoms with Crippen molar-refractivity contribution in [2.75, 3.05) is 19.7 Å². The quantitative estimate of drug-likeness (QED) is 0.895. The maximum Gasteiger partial charge on any atom is 0.573 e. The van der Waals surface area contributed by atoms with Crippen molar-refractivity contribution in [3.63, 3.8) is 0 Å². The zero-order chi connectivity index (χ0) is 14.4. The summed E-state index contributed by atoms with van der Waals surface area (Å²) in [6, 6.07) is 6.06. The molecule has 110 valence electrons. The van der Waals surface area contributed by atoms with Gasteiger partial charge >= 0.3 is 6.36 Å². The normalized spacial score (nSPS) is 32.6. The summed E-state index contributed by atoms with van der Waals surface area (Å²) in [6.07, 6.45) is -2.89. The van der Waals surface area contributed by atoms with Gasteiger partial charge in [0.15, 0.2) is 0 Å². The molecule has 20 heavy (non-hydrogen) atoms. The number of ether oxygens (including phenoxy) is 1. The molecule has 6 heteroatoms. The lowest BCUT2D eigenvalue weighted by Gasteiger charge is -2.30. The van der Waals surface area contributed by atoms with E-state index in [1.54, 1.807) is 12.1 Å². The molecule has 0 amide bonds. The Morgan fingerprint density at radius 1 is 1.25 bits per heavy atom. The summed E-state index contributed by atoms with van der Waals surface area (Å²) in [6.45, 7) is 1.72. The fraction of sp³-hybridized carbons (Fsp3) is 0.571. The van der Waals surface area contributed by atoms with Gasteiger partial charge in [0.25, 0.3) is 0 Å². The first kappa shape index (κ1) is 13.7. The molecule has 1 aromatic rings. The zero-order valence-electron chi connectivity index (χ0n) is 10.8. The van der Waals surface area contributed by atoms with Crippen molar-refractivity contribution in [2.45, 2.75) is 24.6 Å². The molecule has 1 saturated heterocycles. The second-order valence-corrected chi connectivity index (χ2v) is 5.70. The molecule has 3 nitrogen and oxygen atoms in total. The molecule has 1 heterocycles. The van der Waals surface area contributed by atoms with E-state index < -0.39 is 6.36 Å². The van der Waals surface area contributed by atoms with Crippen molar-refractivity contribution in [3.8, 4) is 5.75 Å². The van der Waals surface area contributed by atoms with Crippen LogP contribution in [-0.4, -0.2) is 31.2 Å². The highest BCUT2D eigenvalue weighted by Gasteiger charge is 2.68. The minimum absolute atomic E-state index is 0.0935. The molecular weight excluding hydrogens is 271 g/mol. The van der Waals surface area contributed by atoms with Crippen LogP contribution in [0.15, 0.2) is 24.3 Å². The molecule has 2 aliphatic rings. The van der Waals surface area contributed by atoms with Crippen molar-refractivity contribution >= 4 is 0 Å². The Morgan fingerprint density at radius 3 is 2.55 bits per heavy atom. The van der Waals surface area contributed by atoms with E-state index in [9.17, 15) is 18.3 Å². The first-order valence-electron chi connectivity index (χ1n) is 6.59. The number of aliphatic hydroxyl groups is 1. The number of benzene rings is 1. The molecule has 1 aliphatic carbocycles. The van der Waals surface area contributed by atoms with Crippen molar-refractivity contribution in [1.29, 1.82) is 0 Å². The standard InChI is InChI=1S/C14H16F3NO2/c15-14(16,17)20-11-3-1-10(2-4-11)13-5-6-18-8-12(13,7-13)9-19/h1-4,18-19H,5-9H2/t12?,13-/m1/s1. The average molecular weight is 287 g/mol. The van der Waals surface area contributed by atoms with E-state index in [2.05, 4.69) is 10.1 Å². The molecule has 0 bridgehead atoms. The lowest BCUT2D eigenvalue weighted by molar-refractivity contribution is -0.274. The summed E-state index contributed by atoms with van der Waals surface area (Å²) in [5.41, 5.74) is 0.740. The number of piperidine rings is 1. The Balaban J connectivity index is 1.82. The molecule has 1 aliphatic heterocycles. The molecule has 3 rings (SSSR count). The van der Waals surface area contributed by atoms with E-state index in [0.29, 0.717) is 0 Å². The summed E-state index contributed by atoms with van der Waals surface area (Å²) in [5.74, 6) is -0.207. The summed E-state index contributed by atoms with van der Waals surface area (Å²) in [5, 5.41) is 12.9. The molecule has 1 saturated carbocycles. The fourth-order valence-electron chi connectivity index (χ4n) is 3.54. The highest BCUT2D eigenvalue weighted by molar-refractivity contribution is 5.42. The lowest BCUT2D eigenvalue weighted by atomic mass is 9.81. The van der Waals surface area contributed by atoms with Gasteiger partial charge in [0, 0.05) is 17.4 Å². The number of halogens is 3. The van der Waals surface area contributed by atoms with Gasteiger partial charge in [-0.1, -0.05) is 12.1 Å². The van der Waals surface area contributed by atoms with E-state index in [-0.39, 0.29) is 23.2 Å². The zero-order valence-corrected chi connectivity index (χ0v) is 10.8. The number of hydrogen-bond donors (Lipinski definition) is 2. The van der Waals surface area contributed by atoms with Gasteiger partial charge in [0.2, 0.25) is 0 Å². The Labute approximate surface area is 114 Å². The summed E-state index contributed by atoms with van der Waals surface area (Å²) in [7, 11) is 0. The van der Waals surface area contributed by atoms with E-state index in [0.717, 1.165) is 31.5 Å². The first-order valence-corrected chi connectivity index (χ1v) is 6.59. The SMILES string of the molecule is OCC12CNCC[C@]1(c1ccc(OC(F)(F)F)cc1)C2. The molecule has 1 aromatic carbocycles. The van der Waals surface area contributed by atoms with Crippen LogP contribution in [0.5, 0.6) is 5.75 Å². The van der Waals surface area contributed by atoms with Crippen molar-refractivity contribution in [1.82, 2.24) is 5.32 Å². The Hall–Kier alpha value is -1.27. The van der Waals surface area contributed by atoms with Gasteiger partial charge in [0.05, 0.1) is 6.61 Å². The highest BCUT2D eigenvalue weighted by Crippen LogP contribution is 2.67. The van der Waals surface area contributed by atoms with Crippen LogP contribution in [0.25, 0.3) is 0 Å². The van der Waals surface area contributed by atoms with Gasteiger partial charge in [-0.15, -0.1) is 13.2 Å². The second kappa shape index (κ2) is 4.36. The molecule has 1 unspecified atom stereocenters. The van der Waals surface area contributed by atoms with Gasteiger partial charge in [-0.2, -0.15) is 0 Å². The summed E-state index contributed by atoms with van der Waals surface area (Å²) >= 11 is 0. The van der Waals surface area contributed by atoms with Crippen molar-refractivity contribution in [3.05, 3.63) is 29.8 Å². The number of alkyl halides is 3. The smallest absolute Gasteiger partial charge is 0.406 e. The minimum Gasteiger partial charge on any atom is -0.406 e. The molecule has 0 spiro atoms. The second-order valence-electron chi connectivity index (χ2n) is 5.70. The number of fused-ring (bicyclic) bond motifs is 1. The number of aliphatic hydroxyl groups excluding tert-OH is 1. The molecule has 2 N–H and O–H groups in total. The van der Waals surface area contributed by atoms with Crippen LogP contribution >= 0.6 is 0 Å². The maximum atomic E-state index is 12.1. The Bertz CT molecular complexity index is 502. The molecule has 2 atom stereocenters. The molecular formula is C14H16F3NO2. The predicted molar refractivity (Wildman–Crippen MR) is 66.4 cm³/mol. The maximum absolute atomic E-state index is 12.1. The summed E-state index contributed by atoms with van der Waals surface area (Å²) in [4.78, 5) is 0. The third kappa shape index (κ3) is 2.07. The molecule has 0 radical (unpaired) electrons. The number of hydrogen-bond acceptors (Lipinski definition) is 3. The van der Waals surface area contributed by atoms with Crippen molar-refractivity contribution < 1.29 is 23.0 Å².